The van der Waals surface area contributed by atoms with Crippen molar-refractivity contribution in [3.05, 3.63) is 17.3 Å². The van der Waals surface area contributed by atoms with E-state index >= 15 is 0 Å². The monoisotopic (exact) mass is 333 g/mol. The lowest BCUT2D eigenvalue weighted by Gasteiger charge is -2.33. The molecule has 1 aromatic rings. The van der Waals surface area contributed by atoms with E-state index in [0.717, 1.165) is 12.8 Å². The van der Waals surface area contributed by atoms with E-state index in [1.165, 1.54) is 12.3 Å². The number of anilines is 1. The van der Waals surface area contributed by atoms with Crippen LogP contribution in [0.15, 0.2) is 17.2 Å². The molecule has 0 aromatic carbocycles. The third-order valence-corrected chi connectivity index (χ3v) is 5.41. The number of ether oxygens (including phenoxy) is 1. The normalized spacial score (nSPS) is 18.4. The first-order chi connectivity index (χ1) is 9.86. The summed E-state index contributed by atoms with van der Waals surface area (Å²) in [6.07, 6.45) is 2.98. The van der Waals surface area contributed by atoms with Gasteiger partial charge in [0.1, 0.15) is 10.7 Å². The number of sulfonamides is 1. The molecular formula is C13H20ClN3O3S. The average molecular weight is 334 g/mol. The standard InChI is InChI=1S/C13H20ClN3O3S/c1-13(3-5-20-6-4-13)9-17-21(18,19)10-7-11(14)12(15-2)16-8-10/h7-8,17H,3-6,9H2,1-2H3,(H,15,16). The van der Waals surface area contributed by atoms with Gasteiger partial charge in [0.15, 0.2) is 0 Å². The molecule has 21 heavy (non-hydrogen) atoms. The van der Waals surface area contributed by atoms with E-state index in [0.29, 0.717) is 25.6 Å². The smallest absolute Gasteiger partial charge is 0.242 e. The summed E-state index contributed by atoms with van der Waals surface area (Å²) in [5.74, 6) is 0.451. The van der Waals surface area contributed by atoms with E-state index in [1.807, 2.05) is 0 Å². The second-order valence-electron chi connectivity index (χ2n) is 5.50. The van der Waals surface area contributed by atoms with Gasteiger partial charge in [-0.25, -0.2) is 18.1 Å². The molecule has 6 nitrogen and oxygen atoms in total. The van der Waals surface area contributed by atoms with E-state index in [-0.39, 0.29) is 15.3 Å². The molecule has 8 heteroatoms. The van der Waals surface area contributed by atoms with Crippen LogP contribution in [0.2, 0.25) is 5.02 Å². The minimum atomic E-state index is -3.61. The lowest BCUT2D eigenvalue weighted by molar-refractivity contribution is 0.0264. The van der Waals surface area contributed by atoms with E-state index in [2.05, 4.69) is 21.9 Å². The van der Waals surface area contributed by atoms with Gasteiger partial charge in [0.25, 0.3) is 0 Å². The molecule has 2 rings (SSSR count). The molecule has 1 aliphatic heterocycles. The predicted octanol–water partition coefficient (Wildman–Crippen LogP) is 1.87. The van der Waals surface area contributed by atoms with Crippen molar-refractivity contribution in [3.8, 4) is 0 Å². The molecule has 0 bridgehead atoms. The lowest BCUT2D eigenvalue weighted by Crippen LogP contribution is -2.39. The summed E-state index contributed by atoms with van der Waals surface area (Å²) in [5.41, 5.74) is -0.0759. The number of hydrogen-bond acceptors (Lipinski definition) is 5. The van der Waals surface area contributed by atoms with Crippen LogP contribution in [0.1, 0.15) is 19.8 Å². The van der Waals surface area contributed by atoms with E-state index < -0.39 is 10.0 Å². The van der Waals surface area contributed by atoms with Gasteiger partial charge in [-0.2, -0.15) is 0 Å². The molecule has 1 saturated heterocycles. The van der Waals surface area contributed by atoms with Crippen LogP contribution in [-0.4, -0.2) is 40.2 Å². The zero-order valence-corrected chi connectivity index (χ0v) is 13.7. The van der Waals surface area contributed by atoms with Crippen LogP contribution in [0, 0.1) is 5.41 Å². The number of aromatic nitrogens is 1. The molecular weight excluding hydrogens is 314 g/mol. The molecule has 118 valence electrons. The quantitative estimate of drug-likeness (QED) is 0.860. The molecule has 1 aromatic heterocycles. The predicted molar refractivity (Wildman–Crippen MR) is 82.1 cm³/mol. The van der Waals surface area contributed by atoms with Gasteiger partial charge in [0.2, 0.25) is 10.0 Å². The summed E-state index contributed by atoms with van der Waals surface area (Å²) in [6.45, 7) is 3.78. The molecule has 2 heterocycles. The zero-order valence-electron chi connectivity index (χ0n) is 12.1. The summed E-state index contributed by atoms with van der Waals surface area (Å²) in [6, 6.07) is 1.40. The van der Waals surface area contributed by atoms with Crippen molar-refractivity contribution >= 4 is 27.4 Å². The fourth-order valence-electron chi connectivity index (χ4n) is 2.14. The Kier molecular flexibility index (Phi) is 5.08. The minimum absolute atomic E-state index is 0.0714. The van der Waals surface area contributed by atoms with Crippen molar-refractivity contribution in [1.29, 1.82) is 0 Å². The maximum Gasteiger partial charge on any atom is 0.242 e. The summed E-state index contributed by atoms with van der Waals surface area (Å²) in [7, 11) is -1.94. The van der Waals surface area contributed by atoms with E-state index in [9.17, 15) is 8.42 Å². The second kappa shape index (κ2) is 6.48. The van der Waals surface area contributed by atoms with Crippen LogP contribution in [0.25, 0.3) is 0 Å². The molecule has 0 atom stereocenters. The van der Waals surface area contributed by atoms with Crippen LogP contribution < -0.4 is 10.0 Å². The maximum atomic E-state index is 12.3. The Labute approximate surface area is 130 Å². The maximum absolute atomic E-state index is 12.3. The Bertz CT molecular complexity index is 601. The molecule has 0 unspecified atom stereocenters. The number of nitrogens with zero attached hydrogens (tertiary/aromatic N) is 1. The first-order valence-corrected chi connectivity index (χ1v) is 8.63. The summed E-state index contributed by atoms with van der Waals surface area (Å²) in [5, 5.41) is 3.07. The highest BCUT2D eigenvalue weighted by Crippen LogP contribution is 2.29. The molecule has 1 aliphatic rings. The number of nitrogens with one attached hydrogen (secondary N) is 2. The first-order valence-electron chi connectivity index (χ1n) is 6.77. The molecule has 0 amide bonds. The number of pyridine rings is 1. The highest BCUT2D eigenvalue weighted by Gasteiger charge is 2.29. The van der Waals surface area contributed by atoms with Crippen LogP contribution in [0.5, 0.6) is 0 Å². The van der Waals surface area contributed by atoms with Crippen molar-refractivity contribution in [2.75, 3.05) is 32.1 Å². The van der Waals surface area contributed by atoms with Gasteiger partial charge >= 0.3 is 0 Å². The van der Waals surface area contributed by atoms with Crippen molar-refractivity contribution < 1.29 is 13.2 Å². The van der Waals surface area contributed by atoms with Gasteiger partial charge in [-0.3, -0.25) is 0 Å². The number of halogens is 1. The fraction of sp³-hybridized carbons (Fsp3) is 0.615. The third-order valence-electron chi connectivity index (χ3n) is 3.75. The van der Waals surface area contributed by atoms with Gasteiger partial charge in [-0.05, 0) is 24.3 Å². The Morgan fingerprint density at radius 3 is 2.67 bits per heavy atom. The molecule has 0 spiro atoms. The van der Waals surface area contributed by atoms with E-state index in [1.54, 1.807) is 7.05 Å². The average Bonchev–Trinajstić information content (AvgIpc) is 2.46. The summed E-state index contributed by atoms with van der Waals surface area (Å²) in [4.78, 5) is 4.06. The van der Waals surface area contributed by atoms with Crippen molar-refractivity contribution in [2.24, 2.45) is 5.41 Å². The van der Waals surface area contributed by atoms with Crippen molar-refractivity contribution in [3.63, 3.8) is 0 Å². The fourth-order valence-corrected chi connectivity index (χ4v) is 3.64. The summed E-state index contributed by atoms with van der Waals surface area (Å²) < 4.78 is 32.6. The lowest BCUT2D eigenvalue weighted by atomic mass is 9.83. The second-order valence-corrected chi connectivity index (χ2v) is 7.67. The Morgan fingerprint density at radius 2 is 2.10 bits per heavy atom. The van der Waals surface area contributed by atoms with Crippen LogP contribution >= 0.6 is 11.6 Å². The van der Waals surface area contributed by atoms with Gasteiger partial charge in [0, 0.05) is 33.0 Å². The van der Waals surface area contributed by atoms with Crippen molar-refractivity contribution in [1.82, 2.24) is 9.71 Å². The van der Waals surface area contributed by atoms with Crippen LogP contribution in [0.4, 0.5) is 5.82 Å². The molecule has 0 radical (unpaired) electrons. The Morgan fingerprint density at radius 1 is 1.43 bits per heavy atom. The summed E-state index contributed by atoms with van der Waals surface area (Å²) >= 11 is 5.98. The van der Waals surface area contributed by atoms with E-state index in [4.69, 9.17) is 16.3 Å². The SMILES string of the molecule is CNc1ncc(S(=O)(=O)NCC2(C)CCOCC2)cc1Cl. The third kappa shape index (κ3) is 4.06. The first kappa shape index (κ1) is 16.5. The van der Waals surface area contributed by atoms with Gasteiger partial charge in [0.05, 0.1) is 5.02 Å². The largest absolute Gasteiger partial charge is 0.381 e. The van der Waals surface area contributed by atoms with Gasteiger partial charge < -0.3 is 10.1 Å². The van der Waals surface area contributed by atoms with Gasteiger partial charge in [-0.1, -0.05) is 18.5 Å². The van der Waals surface area contributed by atoms with Crippen LogP contribution in [0.3, 0.4) is 0 Å². The molecule has 0 aliphatic carbocycles. The number of rotatable bonds is 5. The van der Waals surface area contributed by atoms with Gasteiger partial charge in [-0.15, -0.1) is 0 Å². The topological polar surface area (TPSA) is 80.3 Å². The Hall–Kier alpha value is -0.890. The molecule has 2 N–H and O–H groups in total. The van der Waals surface area contributed by atoms with Crippen molar-refractivity contribution in [2.45, 2.75) is 24.7 Å². The highest BCUT2D eigenvalue weighted by molar-refractivity contribution is 7.89. The Balaban J connectivity index is 2.09. The number of hydrogen-bond donors (Lipinski definition) is 2. The minimum Gasteiger partial charge on any atom is -0.381 e. The highest BCUT2D eigenvalue weighted by atomic mass is 35.5. The van der Waals surface area contributed by atoms with Crippen LogP contribution in [-0.2, 0) is 14.8 Å². The zero-order chi connectivity index (χ0) is 15.5. The molecule has 0 saturated carbocycles. The molecule has 1 fully saturated rings.